The molecule has 0 aliphatic heterocycles. The summed E-state index contributed by atoms with van der Waals surface area (Å²) < 4.78 is 0. The summed E-state index contributed by atoms with van der Waals surface area (Å²) in [6.07, 6.45) is 6.27. The molecule has 0 saturated carbocycles. The molecule has 5 rings (SSSR count). The van der Waals surface area contributed by atoms with E-state index in [4.69, 9.17) is 5.73 Å². The van der Waals surface area contributed by atoms with Crippen molar-refractivity contribution < 1.29 is 39.0 Å². The van der Waals surface area contributed by atoms with Gasteiger partial charge in [0.2, 0.25) is 29.5 Å². The topological polar surface area (TPSA) is 302 Å². The first-order valence-corrected chi connectivity index (χ1v) is 20.0. The Morgan fingerprint density at radius 3 is 1.72 bits per heavy atom. The van der Waals surface area contributed by atoms with Crippen molar-refractivity contribution in [2.45, 2.75) is 95.2 Å². The number of para-hydroxylation sites is 1. The Kier molecular flexibility index (Phi) is 15.9. The number of aliphatic carboxylic acids is 1. The summed E-state index contributed by atoms with van der Waals surface area (Å²) in [7, 11) is 0. The molecule has 0 bridgehead atoms. The second-order valence-electron chi connectivity index (χ2n) is 15.0. The Morgan fingerprint density at radius 1 is 0.656 bits per heavy atom. The molecule has 324 valence electrons. The molecule has 19 heteroatoms. The number of imidazole rings is 2. The molecule has 0 spiro atoms. The molecule has 8 atom stereocenters. The number of aliphatic hydroxyl groups is 1. The zero-order chi connectivity index (χ0) is 44.1. The maximum atomic E-state index is 14.3. The second kappa shape index (κ2) is 21.4. The monoisotopic (exact) mass is 839 g/mol. The summed E-state index contributed by atoms with van der Waals surface area (Å²) in [6, 6.07) is 8.12. The number of aromatic amines is 3. The fraction of sp³-hybridized carbons (Fsp3) is 0.381. The number of aromatic nitrogens is 5. The number of nitrogens with two attached hydrogens (primary N) is 1. The molecule has 0 fully saturated rings. The van der Waals surface area contributed by atoms with E-state index in [1.165, 1.54) is 32.0 Å². The van der Waals surface area contributed by atoms with Gasteiger partial charge in [-0.15, -0.1) is 0 Å². The highest BCUT2D eigenvalue weighted by Crippen LogP contribution is 2.20. The number of carbonyl (C=O) groups is 6. The summed E-state index contributed by atoms with van der Waals surface area (Å²) in [5.41, 5.74) is 9.18. The Labute approximate surface area is 351 Å². The van der Waals surface area contributed by atoms with E-state index in [1.807, 2.05) is 38.1 Å². The Hall–Kier alpha value is -6.86. The van der Waals surface area contributed by atoms with Gasteiger partial charge in [0.15, 0.2) is 0 Å². The van der Waals surface area contributed by atoms with Crippen molar-refractivity contribution in [3.8, 4) is 0 Å². The van der Waals surface area contributed by atoms with Gasteiger partial charge in [0.1, 0.15) is 30.2 Å². The average Bonchev–Trinajstić information content (AvgIpc) is 4.05. The van der Waals surface area contributed by atoms with Gasteiger partial charge in [0.05, 0.1) is 36.2 Å². The van der Waals surface area contributed by atoms with E-state index in [2.05, 4.69) is 51.5 Å². The molecule has 0 radical (unpaired) electrons. The highest BCUT2D eigenvalue weighted by molar-refractivity contribution is 5.97. The van der Waals surface area contributed by atoms with Crippen molar-refractivity contribution in [1.82, 2.24) is 51.5 Å². The molecule has 5 amide bonds. The third-order valence-corrected chi connectivity index (χ3v) is 10.5. The largest absolute Gasteiger partial charge is 0.480 e. The summed E-state index contributed by atoms with van der Waals surface area (Å²) in [5, 5.41) is 34.4. The van der Waals surface area contributed by atoms with Crippen LogP contribution in [0.3, 0.4) is 0 Å². The highest BCUT2D eigenvalue weighted by atomic mass is 16.4. The lowest BCUT2D eigenvalue weighted by molar-refractivity contribution is -0.143. The maximum absolute atomic E-state index is 14.3. The third kappa shape index (κ3) is 12.6. The number of carbonyl (C=O) groups excluding carboxylic acids is 5. The lowest BCUT2D eigenvalue weighted by atomic mass is 9.98. The first kappa shape index (κ1) is 45.2. The van der Waals surface area contributed by atoms with Gasteiger partial charge in [0, 0.05) is 55.2 Å². The SMILES string of the molecule is CC[C@H](C)[C@H](N)C(=O)N[C@@H](Cc1c[nH]c2ccccc12)C(=O)N[C@@H](Cc1c[nH]cn1)C(=O)N[C@@H](Cc1c[nH]cn1)C(=O)N[C@H](C(=O)N[C@@H](Cc1ccccc1)C(=O)O)[C@@H](C)O. The number of hydrogen-bond donors (Lipinski definition) is 11. The summed E-state index contributed by atoms with van der Waals surface area (Å²) in [6.45, 7) is 4.97. The molecule has 5 aromatic rings. The van der Waals surface area contributed by atoms with Gasteiger partial charge in [-0.1, -0.05) is 68.8 Å². The number of hydrogen-bond acceptors (Lipinski definition) is 10. The lowest BCUT2D eigenvalue weighted by Crippen LogP contribution is -2.61. The van der Waals surface area contributed by atoms with Gasteiger partial charge >= 0.3 is 5.97 Å². The molecule has 0 aliphatic carbocycles. The van der Waals surface area contributed by atoms with Crippen LogP contribution in [-0.2, 0) is 54.5 Å². The zero-order valence-electron chi connectivity index (χ0n) is 34.1. The van der Waals surface area contributed by atoms with Crippen molar-refractivity contribution in [2.24, 2.45) is 11.7 Å². The van der Waals surface area contributed by atoms with Crippen molar-refractivity contribution in [1.29, 1.82) is 0 Å². The molecule has 3 aromatic heterocycles. The average molecular weight is 840 g/mol. The number of carboxylic acids is 1. The lowest BCUT2D eigenvalue weighted by Gasteiger charge is -2.28. The van der Waals surface area contributed by atoms with Crippen molar-refractivity contribution in [3.05, 3.63) is 108 Å². The van der Waals surface area contributed by atoms with Crippen LogP contribution in [-0.4, -0.2) is 113 Å². The Morgan fingerprint density at radius 2 is 1.18 bits per heavy atom. The molecule has 19 nitrogen and oxygen atoms in total. The predicted octanol–water partition coefficient (Wildman–Crippen LogP) is 0.148. The van der Waals surface area contributed by atoms with E-state index in [0.717, 1.165) is 16.5 Å². The molecule has 2 aromatic carbocycles. The van der Waals surface area contributed by atoms with Crippen molar-refractivity contribution in [3.63, 3.8) is 0 Å². The van der Waals surface area contributed by atoms with E-state index >= 15 is 0 Å². The van der Waals surface area contributed by atoms with E-state index < -0.39 is 77.9 Å². The molecule has 61 heavy (non-hydrogen) atoms. The first-order valence-electron chi connectivity index (χ1n) is 20.0. The molecule has 0 unspecified atom stereocenters. The number of aliphatic hydroxyl groups excluding tert-OH is 1. The van der Waals surface area contributed by atoms with Crippen LogP contribution < -0.4 is 32.3 Å². The summed E-state index contributed by atoms with van der Waals surface area (Å²) in [5.74, 6) is -5.51. The van der Waals surface area contributed by atoms with Gasteiger partial charge in [-0.25, -0.2) is 14.8 Å². The minimum atomic E-state index is -1.64. The van der Waals surface area contributed by atoms with Crippen LogP contribution >= 0.6 is 0 Å². The van der Waals surface area contributed by atoms with Crippen LogP contribution in [0.2, 0.25) is 0 Å². The quantitative estimate of drug-likeness (QED) is 0.0446. The number of carboxylic acid groups (broad SMARTS) is 1. The maximum Gasteiger partial charge on any atom is 0.326 e. The highest BCUT2D eigenvalue weighted by Gasteiger charge is 2.35. The Balaban J connectivity index is 1.38. The van der Waals surface area contributed by atoms with Crippen LogP contribution in [0, 0.1) is 5.92 Å². The van der Waals surface area contributed by atoms with Gasteiger partial charge in [-0.2, -0.15) is 0 Å². The number of nitrogens with one attached hydrogen (secondary N) is 8. The molecule has 3 heterocycles. The first-order chi connectivity index (χ1) is 29.2. The van der Waals surface area contributed by atoms with Crippen LogP contribution in [0.15, 0.2) is 85.8 Å². The minimum absolute atomic E-state index is 0.0344. The molecular weight excluding hydrogens is 787 g/mol. The number of amides is 5. The van der Waals surface area contributed by atoms with Crippen LogP contribution in [0.4, 0.5) is 0 Å². The number of nitrogens with zero attached hydrogens (tertiary/aromatic N) is 2. The number of rotatable bonds is 22. The van der Waals surface area contributed by atoms with Gasteiger partial charge < -0.3 is 57.5 Å². The zero-order valence-corrected chi connectivity index (χ0v) is 34.1. The smallest absolute Gasteiger partial charge is 0.326 e. The third-order valence-electron chi connectivity index (χ3n) is 10.5. The summed E-state index contributed by atoms with van der Waals surface area (Å²) in [4.78, 5) is 98.7. The van der Waals surface area contributed by atoms with E-state index in [1.54, 1.807) is 36.5 Å². The molecule has 0 aliphatic rings. The van der Waals surface area contributed by atoms with Crippen LogP contribution in [0.5, 0.6) is 0 Å². The number of H-pyrrole nitrogens is 3. The van der Waals surface area contributed by atoms with Crippen LogP contribution in [0.25, 0.3) is 10.9 Å². The fourth-order valence-electron chi connectivity index (χ4n) is 6.67. The summed E-state index contributed by atoms with van der Waals surface area (Å²) >= 11 is 0. The molecular formula is C42H53N11O8. The Bertz CT molecular complexity index is 2230. The van der Waals surface area contributed by atoms with Crippen molar-refractivity contribution in [2.75, 3.05) is 0 Å². The van der Waals surface area contributed by atoms with Gasteiger partial charge in [-0.3, -0.25) is 24.0 Å². The van der Waals surface area contributed by atoms with E-state index in [0.29, 0.717) is 23.4 Å². The number of benzene rings is 2. The van der Waals surface area contributed by atoms with Crippen LogP contribution in [0.1, 0.15) is 49.7 Å². The predicted molar refractivity (Wildman–Crippen MR) is 223 cm³/mol. The number of fused-ring (bicyclic) bond motifs is 1. The second-order valence-corrected chi connectivity index (χ2v) is 15.0. The fourth-order valence-corrected chi connectivity index (χ4v) is 6.67. The minimum Gasteiger partial charge on any atom is -0.480 e. The van der Waals surface area contributed by atoms with E-state index in [9.17, 15) is 39.0 Å². The van der Waals surface area contributed by atoms with E-state index in [-0.39, 0.29) is 31.6 Å². The molecule has 12 N–H and O–H groups in total. The standard InChI is InChI=1S/C42H53N11O8/c1-4-23(2)35(43)40(58)51-31(15-26-18-46-30-13-9-8-12-29(26)30)37(55)49-32(16-27-19-44-21-47-27)38(56)50-33(17-28-20-45-22-48-28)39(57)53-36(24(3)54)41(59)52-34(42(60)61)14-25-10-6-5-7-11-25/h5-13,18-24,31-36,46,54H,4,14-17,43H2,1-3H3,(H,44,47)(H,45,48)(H,49,55)(H,50,56)(H,51,58)(H,52,59)(H,53,57)(H,60,61)/t23-,24+,31-,32-,33-,34-,35-,36-/m0/s1. The van der Waals surface area contributed by atoms with Gasteiger partial charge in [0.25, 0.3) is 0 Å². The molecule has 0 saturated heterocycles. The van der Waals surface area contributed by atoms with Gasteiger partial charge in [-0.05, 0) is 30.0 Å². The normalized spacial score (nSPS) is 15.2. The van der Waals surface area contributed by atoms with Crippen molar-refractivity contribution >= 4 is 46.4 Å².